The highest BCUT2D eigenvalue weighted by Crippen LogP contribution is 2.29. The van der Waals surface area contributed by atoms with E-state index in [0.717, 1.165) is 22.2 Å². The molecule has 18 heavy (non-hydrogen) atoms. The molecule has 94 valence electrons. The van der Waals surface area contributed by atoms with Crippen LogP contribution in [0.25, 0.3) is 10.9 Å². The van der Waals surface area contributed by atoms with Crippen molar-refractivity contribution < 1.29 is 9.53 Å². The fourth-order valence-corrected chi connectivity index (χ4v) is 2.04. The van der Waals surface area contributed by atoms with E-state index in [4.69, 9.17) is 4.74 Å². The third-order valence-corrected chi connectivity index (χ3v) is 3.22. The van der Waals surface area contributed by atoms with E-state index in [2.05, 4.69) is 10.3 Å². The van der Waals surface area contributed by atoms with Crippen LogP contribution < -0.4 is 5.32 Å². The second-order valence-corrected chi connectivity index (χ2v) is 4.19. The van der Waals surface area contributed by atoms with E-state index in [9.17, 15) is 4.79 Å². The van der Waals surface area contributed by atoms with Crippen LogP contribution in [0.2, 0.25) is 0 Å². The van der Waals surface area contributed by atoms with E-state index in [-0.39, 0.29) is 5.97 Å². The zero-order chi connectivity index (χ0) is 13.3. The number of esters is 1. The number of hydrogen-bond acceptors (Lipinski definition) is 4. The van der Waals surface area contributed by atoms with Crippen LogP contribution in [0.3, 0.4) is 0 Å². The van der Waals surface area contributed by atoms with E-state index >= 15 is 0 Å². The average Bonchev–Trinajstić information content (AvgIpc) is 2.40. The predicted octanol–water partition coefficient (Wildman–Crippen LogP) is 2.68. The number of benzene rings is 1. The molecule has 0 spiro atoms. The van der Waals surface area contributed by atoms with E-state index in [0.29, 0.717) is 5.56 Å². The zero-order valence-electron chi connectivity index (χ0n) is 11.0. The summed E-state index contributed by atoms with van der Waals surface area (Å²) in [5.74, 6) is -0.382. The predicted molar refractivity (Wildman–Crippen MR) is 72.1 cm³/mol. The van der Waals surface area contributed by atoms with Gasteiger partial charge in [-0.1, -0.05) is 12.1 Å². The van der Waals surface area contributed by atoms with Crippen LogP contribution >= 0.6 is 0 Å². The van der Waals surface area contributed by atoms with Gasteiger partial charge in [0.05, 0.1) is 18.3 Å². The van der Waals surface area contributed by atoms with Gasteiger partial charge in [0.15, 0.2) is 0 Å². The van der Waals surface area contributed by atoms with Gasteiger partial charge in [0.2, 0.25) is 0 Å². The number of ether oxygens (including phenoxy) is 1. The number of carbonyl (C=O) groups excluding carboxylic acids is 1. The summed E-state index contributed by atoms with van der Waals surface area (Å²) < 4.78 is 4.76. The zero-order valence-corrected chi connectivity index (χ0v) is 11.0. The topological polar surface area (TPSA) is 51.2 Å². The molecule has 4 nitrogen and oxygen atoms in total. The lowest BCUT2D eigenvalue weighted by molar-refractivity contribution is 0.0601. The molecule has 0 saturated carbocycles. The van der Waals surface area contributed by atoms with Crippen LogP contribution in [0.4, 0.5) is 5.69 Å². The van der Waals surface area contributed by atoms with Gasteiger partial charge >= 0.3 is 5.97 Å². The van der Waals surface area contributed by atoms with Crippen LogP contribution in [0.15, 0.2) is 18.3 Å². The van der Waals surface area contributed by atoms with E-state index in [1.807, 2.05) is 26.0 Å². The molecule has 1 aromatic carbocycles. The van der Waals surface area contributed by atoms with Gasteiger partial charge in [0.1, 0.15) is 5.56 Å². The fraction of sp³-hybridized carbons (Fsp3) is 0.286. The summed E-state index contributed by atoms with van der Waals surface area (Å²) >= 11 is 0. The van der Waals surface area contributed by atoms with Crippen molar-refractivity contribution in [1.82, 2.24) is 4.98 Å². The standard InChI is InChI=1S/C14H16N2O2/c1-8-5-6-10-12(9(8)2)16-7-11(13(10)15-3)14(17)18-4/h5-7H,1-4H3,(H,15,16). The number of nitrogens with zero attached hydrogens (tertiary/aromatic N) is 1. The number of carbonyl (C=O) groups is 1. The first-order valence-corrected chi connectivity index (χ1v) is 5.75. The smallest absolute Gasteiger partial charge is 0.341 e. The van der Waals surface area contributed by atoms with Crippen molar-refractivity contribution in [3.8, 4) is 0 Å². The summed E-state index contributed by atoms with van der Waals surface area (Å²) in [4.78, 5) is 16.1. The highest BCUT2D eigenvalue weighted by molar-refractivity contribution is 6.05. The van der Waals surface area contributed by atoms with Gasteiger partial charge in [-0.25, -0.2) is 4.79 Å². The number of nitrogens with one attached hydrogen (secondary N) is 1. The number of hydrogen-bond donors (Lipinski definition) is 1. The number of aromatic nitrogens is 1. The summed E-state index contributed by atoms with van der Waals surface area (Å²) in [6.07, 6.45) is 1.56. The van der Waals surface area contributed by atoms with Crippen LogP contribution in [-0.2, 0) is 4.74 Å². The van der Waals surface area contributed by atoms with Gasteiger partial charge in [-0.15, -0.1) is 0 Å². The van der Waals surface area contributed by atoms with Gasteiger partial charge in [-0.05, 0) is 25.0 Å². The number of anilines is 1. The molecule has 0 aliphatic carbocycles. The Morgan fingerprint density at radius 1 is 1.33 bits per heavy atom. The fourth-order valence-electron chi connectivity index (χ4n) is 2.04. The second kappa shape index (κ2) is 4.64. The maximum Gasteiger partial charge on any atom is 0.341 e. The first kappa shape index (κ1) is 12.4. The largest absolute Gasteiger partial charge is 0.465 e. The number of rotatable bonds is 2. The van der Waals surface area contributed by atoms with Crippen LogP contribution in [0, 0.1) is 13.8 Å². The summed E-state index contributed by atoms with van der Waals surface area (Å²) in [6, 6.07) is 4.00. The molecule has 0 atom stereocenters. The Hall–Kier alpha value is -2.10. The first-order chi connectivity index (χ1) is 8.60. The molecular formula is C14H16N2O2. The van der Waals surface area contributed by atoms with Crippen molar-refractivity contribution in [2.75, 3.05) is 19.5 Å². The molecule has 1 heterocycles. The molecule has 2 rings (SSSR count). The maximum absolute atomic E-state index is 11.7. The molecule has 4 heteroatoms. The Bertz CT molecular complexity index is 621. The monoisotopic (exact) mass is 244 g/mol. The highest BCUT2D eigenvalue weighted by Gasteiger charge is 2.16. The molecule has 0 bridgehead atoms. The minimum absolute atomic E-state index is 0.382. The molecule has 1 N–H and O–H groups in total. The molecule has 0 radical (unpaired) electrons. The van der Waals surface area contributed by atoms with Gasteiger partial charge in [0.25, 0.3) is 0 Å². The van der Waals surface area contributed by atoms with Crippen molar-refractivity contribution in [3.05, 3.63) is 35.0 Å². The first-order valence-electron chi connectivity index (χ1n) is 5.75. The number of aryl methyl sites for hydroxylation is 2. The minimum Gasteiger partial charge on any atom is -0.465 e. The molecule has 0 aliphatic heterocycles. The summed E-state index contributed by atoms with van der Waals surface area (Å²) in [6.45, 7) is 4.08. The minimum atomic E-state index is -0.382. The molecule has 1 aromatic heterocycles. The molecule has 0 unspecified atom stereocenters. The van der Waals surface area contributed by atoms with E-state index in [1.54, 1.807) is 13.2 Å². The van der Waals surface area contributed by atoms with Gasteiger partial charge in [-0.3, -0.25) is 4.98 Å². The van der Waals surface area contributed by atoms with Crippen molar-refractivity contribution in [2.45, 2.75) is 13.8 Å². The Labute approximate surface area is 106 Å². The van der Waals surface area contributed by atoms with Crippen molar-refractivity contribution in [1.29, 1.82) is 0 Å². The number of methoxy groups -OCH3 is 1. The lowest BCUT2D eigenvalue weighted by Gasteiger charge is -2.12. The molecule has 0 saturated heterocycles. The third-order valence-electron chi connectivity index (χ3n) is 3.22. The molecule has 0 amide bonds. The van der Waals surface area contributed by atoms with Gasteiger partial charge < -0.3 is 10.1 Å². The lowest BCUT2D eigenvalue weighted by atomic mass is 10.0. The van der Waals surface area contributed by atoms with E-state index in [1.165, 1.54) is 12.7 Å². The average molecular weight is 244 g/mol. The number of fused-ring (bicyclic) bond motifs is 1. The highest BCUT2D eigenvalue weighted by atomic mass is 16.5. The van der Waals surface area contributed by atoms with E-state index < -0.39 is 0 Å². The summed E-state index contributed by atoms with van der Waals surface area (Å²) in [5, 5.41) is 3.99. The second-order valence-electron chi connectivity index (χ2n) is 4.19. The Balaban J connectivity index is 2.81. The van der Waals surface area contributed by atoms with Crippen molar-refractivity contribution >= 4 is 22.6 Å². The Morgan fingerprint density at radius 2 is 2.06 bits per heavy atom. The summed E-state index contributed by atoms with van der Waals surface area (Å²) in [7, 11) is 3.16. The van der Waals surface area contributed by atoms with Crippen LogP contribution in [-0.4, -0.2) is 25.1 Å². The Morgan fingerprint density at radius 3 is 2.67 bits per heavy atom. The molecule has 0 fully saturated rings. The van der Waals surface area contributed by atoms with Crippen molar-refractivity contribution in [2.24, 2.45) is 0 Å². The number of pyridine rings is 1. The van der Waals surface area contributed by atoms with Gasteiger partial charge in [0, 0.05) is 18.6 Å². The lowest BCUT2D eigenvalue weighted by Crippen LogP contribution is -2.07. The Kier molecular flexibility index (Phi) is 3.19. The quantitative estimate of drug-likeness (QED) is 0.825. The van der Waals surface area contributed by atoms with Gasteiger partial charge in [-0.2, -0.15) is 0 Å². The molecule has 2 aromatic rings. The maximum atomic E-state index is 11.7. The van der Waals surface area contributed by atoms with Crippen LogP contribution in [0.1, 0.15) is 21.5 Å². The van der Waals surface area contributed by atoms with Crippen LogP contribution in [0.5, 0.6) is 0 Å². The van der Waals surface area contributed by atoms with Crippen molar-refractivity contribution in [3.63, 3.8) is 0 Å². The SMILES string of the molecule is CNc1c(C(=O)OC)cnc2c(C)c(C)ccc12. The normalized spacial score (nSPS) is 10.4. The molecular weight excluding hydrogens is 228 g/mol. The third kappa shape index (κ3) is 1.79. The summed E-state index contributed by atoms with van der Waals surface area (Å²) in [5.41, 5.74) is 4.43. The molecule has 0 aliphatic rings.